The summed E-state index contributed by atoms with van der Waals surface area (Å²) in [5.74, 6) is -0.386. The van der Waals surface area contributed by atoms with E-state index >= 15 is 0 Å². The summed E-state index contributed by atoms with van der Waals surface area (Å²) in [5, 5.41) is 3.18. The highest BCUT2D eigenvalue weighted by Gasteiger charge is 2.35. The van der Waals surface area contributed by atoms with E-state index in [2.05, 4.69) is 17.4 Å². The van der Waals surface area contributed by atoms with E-state index in [1.807, 2.05) is 19.1 Å². The van der Waals surface area contributed by atoms with Crippen molar-refractivity contribution in [2.45, 2.75) is 38.8 Å². The van der Waals surface area contributed by atoms with Crippen molar-refractivity contribution in [2.24, 2.45) is 0 Å². The first-order valence-corrected chi connectivity index (χ1v) is 11.7. The van der Waals surface area contributed by atoms with E-state index in [0.717, 1.165) is 24.8 Å². The molecule has 1 N–H and O–H groups in total. The van der Waals surface area contributed by atoms with Crippen LogP contribution in [0.1, 0.15) is 73.6 Å². The molecule has 0 radical (unpaired) electrons. The number of carbonyl (C=O) groups is 3. The molecular formula is C28H26N2O4. The van der Waals surface area contributed by atoms with Crippen LogP contribution in [0.4, 0.5) is 0 Å². The standard InChI is InChI=1S/C28H26N2O4/c1-2-34-25-15-14-18(17-30-27(32)21-11-5-6-12-22(21)28(30)33)16-23(25)26(31)29-24-13-7-9-19-8-3-4-10-20(19)24/h3-6,8,10-12,14-16,24H,2,7,9,13,17H2,1H3,(H,29,31)/t24-/m0/s1. The van der Waals surface area contributed by atoms with Gasteiger partial charge in [-0.3, -0.25) is 19.3 Å². The van der Waals surface area contributed by atoms with E-state index in [-0.39, 0.29) is 30.3 Å². The molecule has 0 fully saturated rings. The molecule has 3 aromatic carbocycles. The summed E-state index contributed by atoms with van der Waals surface area (Å²) in [5.41, 5.74) is 4.33. The molecule has 1 heterocycles. The lowest BCUT2D eigenvalue weighted by molar-refractivity contribution is 0.0642. The van der Waals surface area contributed by atoms with Gasteiger partial charge < -0.3 is 10.1 Å². The zero-order valence-corrected chi connectivity index (χ0v) is 19.0. The molecule has 0 aromatic heterocycles. The van der Waals surface area contributed by atoms with Crippen LogP contribution in [0, 0.1) is 0 Å². The van der Waals surface area contributed by atoms with Gasteiger partial charge in [0.1, 0.15) is 5.75 Å². The molecule has 2 aliphatic rings. The van der Waals surface area contributed by atoms with Gasteiger partial charge in [0.05, 0.1) is 35.9 Å². The molecule has 172 valence electrons. The predicted molar refractivity (Wildman–Crippen MR) is 128 cm³/mol. The Hall–Kier alpha value is -3.93. The molecule has 0 saturated heterocycles. The fourth-order valence-corrected chi connectivity index (χ4v) is 4.84. The number of imide groups is 1. The maximum absolute atomic E-state index is 13.4. The topological polar surface area (TPSA) is 75.7 Å². The Morgan fingerprint density at radius 3 is 2.44 bits per heavy atom. The summed E-state index contributed by atoms with van der Waals surface area (Å²) in [4.78, 5) is 40.2. The van der Waals surface area contributed by atoms with Crippen molar-refractivity contribution in [3.8, 4) is 5.75 Å². The van der Waals surface area contributed by atoms with Gasteiger partial charge in [-0.1, -0.05) is 42.5 Å². The van der Waals surface area contributed by atoms with Crippen LogP contribution >= 0.6 is 0 Å². The van der Waals surface area contributed by atoms with Crippen molar-refractivity contribution < 1.29 is 19.1 Å². The first-order chi connectivity index (χ1) is 16.6. The SMILES string of the molecule is CCOc1ccc(CN2C(=O)c3ccccc3C2=O)cc1C(=O)N[C@H]1CCCc2ccccc21. The minimum Gasteiger partial charge on any atom is -0.493 e. The lowest BCUT2D eigenvalue weighted by atomic mass is 9.87. The van der Waals surface area contributed by atoms with Crippen molar-refractivity contribution in [3.05, 3.63) is 100 Å². The number of benzene rings is 3. The Morgan fingerprint density at radius 1 is 1.00 bits per heavy atom. The van der Waals surface area contributed by atoms with Crippen LogP contribution in [0.3, 0.4) is 0 Å². The number of ether oxygens (including phenoxy) is 1. The number of fused-ring (bicyclic) bond motifs is 2. The lowest BCUT2D eigenvalue weighted by Gasteiger charge is -2.26. The summed E-state index contributed by atoms with van der Waals surface area (Å²) >= 11 is 0. The number of nitrogens with zero attached hydrogens (tertiary/aromatic N) is 1. The number of rotatable bonds is 6. The van der Waals surface area contributed by atoms with E-state index in [1.165, 1.54) is 10.5 Å². The Bertz CT molecular complexity index is 1250. The third kappa shape index (κ3) is 3.96. The van der Waals surface area contributed by atoms with Gasteiger partial charge in [0.25, 0.3) is 17.7 Å². The minimum absolute atomic E-state index is 0.0631. The summed E-state index contributed by atoms with van der Waals surface area (Å²) < 4.78 is 5.73. The van der Waals surface area contributed by atoms with Crippen LogP contribution < -0.4 is 10.1 Å². The maximum atomic E-state index is 13.4. The fraction of sp³-hybridized carbons (Fsp3) is 0.250. The largest absolute Gasteiger partial charge is 0.493 e. The molecule has 6 heteroatoms. The van der Waals surface area contributed by atoms with E-state index in [9.17, 15) is 14.4 Å². The first-order valence-electron chi connectivity index (χ1n) is 11.7. The average molecular weight is 455 g/mol. The highest BCUT2D eigenvalue weighted by molar-refractivity contribution is 6.21. The quantitative estimate of drug-likeness (QED) is 0.549. The van der Waals surface area contributed by atoms with E-state index in [1.54, 1.807) is 42.5 Å². The summed E-state index contributed by atoms with van der Waals surface area (Å²) in [7, 11) is 0. The molecular weight excluding hydrogens is 428 g/mol. The second-order valence-corrected chi connectivity index (χ2v) is 8.62. The number of hydrogen-bond donors (Lipinski definition) is 1. The van der Waals surface area contributed by atoms with Gasteiger partial charge in [-0.2, -0.15) is 0 Å². The Morgan fingerprint density at radius 2 is 1.71 bits per heavy atom. The van der Waals surface area contributed by atoms with E-state index in [4.69, 9.17) is 4.74 Å². The molecule has 1 atom stereocenters. The molecule has 1 aliphatic heterocycles. The number of amides is 3. The van der Waals surface area contributed by atoms with Crippen molar-refractivity contribution in [3.63, 3.8) is 0 Å². The summed E-state index contributed by atoms with van der Waals surface area (Å²) in [6.45, 7) is 2.38. The van der Waals surface area contributed by atoms with Crippen LogP contribution in [-0.2, 0) is 13.0 Å². The van der Waals surface area contributed by atoms with Crippen molar-refractivity contribution in [2.75, 3.05) is 6.61 Å². The molecule has 3 amide bonds. The van der Waals surface area contributed by atoms with Gasteiger partial charge in [0, 0.05) is 0 Å². The van der Waals surface area contributed by atoms with Gasteiger partial charge in [-0.25, -0.2) is 0 Å². The molecule has 0 unspecified atom stereocenters. The zero-order chi connectivity index (χ0) is 23.7. The molecule has 0 saturated carbocycles. The Balaban J connectivity index is 1.40. The van der Waals surface area contributed by atoms with Crippen molar-refractivity contribution in [1.29, 1.82) is 0 Å². The monoisotopic (exact) mass is 454 g/mol. The number of nitrogens with one attached hydrogen (secondary N) is 1. The van der Waals surface area contributed by atoms with Crippen molar-refractivity contribution >= 4 is 17.7 Å². The first kappa shape index (κ1) is 21.9. The van der Waals surface area contributed by atoms with Gasteiger partial charge in [-0.15, -0.1) is 0 Å². The number of hydrogen-bond acceptors (Lipinski definition) is 4. The number of carbonyl (C=O) groups excluding carboxylic acids is 3. The van der Waals surface area contributed by atoms with Crippen LogP contribution in [0.2, 0.25) is 0 Å². The normalized spacial score (nSPS) is 16.7. The smallest absolute Gasteiger partial charge is 0.261 e. The summed E-state index contributed by atoms with van der Waals surface area (Å²) in [6.07, 6.45) is 2.91. The van der Waals surface area contributed by atoms with E-state index in [0.29, 0.717) is 34.6 Å². The molecule has 1 aliphatic carbocycles. The fourth-order valence-electron chi connectivity index (χ4n) is 4.84. The number of aryl methyl sites for hydroxylation is 1. The third-order valence-electron chi connectivity index (χ3n) is 6.48. The highest BCUT2D eigenvalue weighted by Crippen LogP contribution is 2.31. The molecule has 0 spiro atoms. The second-order valence-electron chi connectivity index (χ2n) is 8.62. The van der Waals surface area contributed by atoms with Crippen LogP contribution in [-0.4, -0.2) is 29.2 Å². The molecule has 3 aromatic rings. The second kappa shape index (κ2) is 9.14. The zero-order valence-electron chi connectivity index (χ0n) is 19.0. The molecule has 0 bridgehead atoms. The molecule has 5 rings (SSSR count). The maximum Gasteiger partial charge on any atom is 0.261 e. The summed E-state index contributed by atoms with van der Waals surface area (Å²) in [6, 6.07) is 20.2. The van der Waals surface area contributed by atoms with Gasteiger partial charge in [-0.05, 0) is 67.1 Å². The Kier molecular flexibility index (Phi) is 5.88. The average Bonchev–Trinajstić information content (AvgIpc) is 3.10. The predicted octanol–water partition coefficient (Wildman–Crippen LogP) is 4.69. The molecule has 6 nitrogen and oxygen atoms in total. The third-order valence-corrected chi connectivity index (χ3v) is 6.48. The molecule has 34 heavy (non-hydrogen) atoms. The van der Waals surface area contributed by atoms with Gasteiger partial charge >= 0.3 is 0 Å². The van der Waals surface area contributed by atoms with Crippen molar-refractivity contribution in [1.82, 2.24) is 10.2 Å². The highest BCUT2D eigenvalue weighted by atomic mass is 16.5. The van der Waals surface area contributed by atoms with Crippen LogP contribution in [0.25, 0.3) is 0 Å². The van der Waals surface area contributed by atoms with E-state index < -0.39 is 0 Å². The Labute approximate surface area is 198 Å². The van der Waals surface area contributed by atoms with Gasteiger partial charge in [0.15, 0.2) is 0 Å². The minimum atomic E-state index is -0.320. The van der Waals surface area contributed by atoms with Gasteiger partial charge in [0.2, 0.25) is 0 Å². The van der Waals surface area contributed by atoms with Crippen LogP contribution in [0.15, 0.2) is 66.7 Å². The van der Waals surface area contributed by atoms with Crippen LogP contribution in [0.5, 0.6) is 5.75 Å². The lowest BCUT2D eigenvalue weighted by Crippen LogP contribution is -2.32.